The highest BCUT2D eigenvalue weighted by Crippen LogP contribution is 2.14. The first-order chi connectivity index (χ1) is 5.49. The van der Waals surface area contributed by atoms with E-state index in [2.05, 4.69) is 0 Å². The molecule has 0 atom stereocenters. The molecule has 0 aromatic heterocycles. The number of hydrogen-bond donors (Lipinski definition) is 1. The van der Waals surface area contributed by atoms with Crippen LogP contribution in [-0.2, 0) is 16.0 Å². The summed E-state index contributed by atoms with van der Waals surface area (Å²) in [6, 6.07) is 6.27. The Bertz CT molecular complexity index is 375. The standard InChI is InChI=1S/C7H8FNO2S/c8-12(10,11)5-6-3-1-2-4-7(6)9/h1-4H,5,9H2. The van der Waals surface area contributed by atoms with Crippen molar-refractivity contribution in [1.29, 1.82) is 0 Å². The second-order valence-corrected chi connectivity index (χ2v) is 3.75. The Balaban J connectivity index is 2.98. The van der Waals surface area contributed by atoms with Crippen LogP contribution in [0.15, 0.2) is 24.3 Å². The fourth-order valence-corrected chi connectivity index (χ4v) is 1.49. The van der Waals surface area contributed by atoms with Crippen LogP contribution in [0.2, 0.25) is 0 Å². The molecule has 0 aliphatic carbocycles. The Morgan fingerprint density at radius 1 is 1.33 bits per heavy atom. The van der Waals surface area contributed by atoms with Gasteiger partial charge in [-0.05, 0) is 11.6 Å². The van der Waals surface area contributed by atoms with Crippen molar-refractivity contribution in [2.24, 2.45) is 0 Å². The normalized spacial score (nSPS) is 11.4. The van der Waals surface area contributed by atoms with Crippen LogP contribution < -0.4 is 5.73 Å². The van der Waals surface area contributed by atoms with Gasteiger partial charge in [0.1, 0.15) is 5.75 Å². The van der Waals surface area contributed by atoms with Crippen LogP contribution in [0.5, 0.6) is 0 Å². The number of nitrogens with two attached hydrogens (primary N) is 1. The van der Waals surface area contributed by atoms with Gasteiger partial charge in [0.2, 0.25) is 0 Å². The molecule has 0 saturated carbocycles. The smallest absolute Gasteiger partial charge is 0.306 e. The first-order valence-electron chi connectivity index (χ1n) is 3.25. The third kappa shape index (κ3) is 2.50. The molecule has 2 N–H and O–H groups in total. The fourth-order valence-electron chi connectivity index (χ4n) is 0.851. The number of para-hydroxylation sites is 1. The molecule has 0 unspecified atom stereocenters. The molecule has 0 spiro atoms. The minimum atomic E-state index is -4.48. The van der Waals surface area contributed by atoms with Crippen LogP contribution in [-0.4, -0.2) is 8.42 Å². The van der Waals surface area contributed by atoms with Gasteiger partial charge in [0.15, 0.2) is 0 Å². The maximum atomic E-state index is 12.2. The van der Waals surface area contributed by atoms with E-state index in [9.17, 15) is 12.3 Å². The largest absolute Gasteiger partial charge is 0.398 e. The summed E-state index contributed by atoms with van der Waals surface area (Å²) in [5.74, 6) is -0.653. The van der Waals surface area contributed by atoms with Gasteiger partial charge in [-0.2, -0.15) is 8.42 Å². The second kappa shape index (κ2) is 3.10. The predicted octanol–water partition coefficient (Wildman–Crippen LogP) is 1.07. The Hall–Kier alpha value is -1.10. The molecule has 0 aliphatic rings. The summed E-state index contributed by atoms with van der Waals surface area (Å²) in [4.78, 5) is 0. The van der Waals surface area contributed by atoms with Crippen molar-refractivity contribution in [1.82, 2.24) is 0 Å². The van der Waals surface area contributed by atoms with E-state index in [4.69, 9.17) is 5.73 Å². The van der Waals surface area contributed by atoms with Crippen molar-refractivity contribution in [2.75, 3.05) is 5.73 Å². The lowest BCUT2D eigenvalue weighted by Gasteiger charge is -2.00. The zero-order valence-corrected chi connectivity index (χ0v) is 7.01. The molecule has 12 heavy (non-hydrogen) atoms. The first kappa shape index (κ1) is 8.99. The van der Waals surface area contributed by atoms with Crippen LogP contribution in [0, 0.1) is 0 Å². The van der Waals surface area contributed by atoms with E-state index in [1.807, 2.05) is 0 Å². The summed E-state index contributed by atoms with van der Waals surface area (Å²) in [5.41, 5.74) is 5.98. The van der Waals surface area contributed by atoms with Gasteiger partial charge in [-0.1, -0.05) is 18.2 Å². The minimum absolute atomic E-state index is 0.290. The molecule has 1 aromatic carbocycles. The van der Waals surface area contributed by atoms with E-state index in [-0.39, 0.29) is 0 Å². The molecule has 66 valence electrons. The Kier molecular flexibility index (Phi) is 2.32. The lowest BCUT2D eigenvalue weighted by atomic mass is 10.2. The van der Waals surface area contributed by atoms with Crippen molar-refractivity contribution >= 4 is 15.9 Å². The van der Waals surface area contributed by atoms with Gasteiger partial charge >= 0.3 is 10.2 Å². The number of nitrogen functional groups attached to an aromatic ring is 1. The van der Waals surface area contributed by atoms with Crippen molar-refractivity contribution in [3.05, 3.63) is 29.8 Å². The third-order valence-electron chi connectivity index (χ3n) is 1.38. The van der Waals surface area contributed by atoms with Crippen LogP contribution in [0.4, 0.5) is 9.57 Å². The summed E-state index contributed by atoms with van der Waals surface area (Å²) in [7, 11) is -4.48. The van der Waals surface area contributed by atoms with Crippen LogP contribution in [0.25, 0.3) is 0 Å². The summed E-state index contributed by atoms with van der Waals surface area (Å²) in [6.07, 6.45) is 0. The molecule has 0 fully saturated rings. The monoisotopic (exact) mass is 189 g/mol. The molecule has 0 saturated heterocycles. The number of anilines is 1. The predicted molar refractivity (Wildman–Crippen MR) is 44.6 cm³/mol. The van der Waals surface area contributed by atoms with Crippen molar-refractivity contribution in [3.63, 3.8) is 0 Å². The van der Waals surface area contributed by atoms with Crippen molar-refractivity contribution in [2.45, 2.75) is 5.75 Å². The average Bonchev–Trinajstić information content (AvgIpc) is 1.91. The van der Waals surface area contributed by atoms with Crippen LogP contribution >= 0.6 is 0 Å². The minimum Gasteiger partial charge on any atom is -0.398 e. The highest BCUT2D eigenvalue weighted by molar-refractivity contribution is 7.85. The lowest BCUT2D eigenvalue weighted by molar-refractivity contribution is 0.551. The summed E-state index contributed by atoms with van der Waals surface area (Å²) in [5, 5.41) is 0. The van der Waals surface area contributed by atoms with E-state index in [0.29, 0.717) is 11.3 Å². The molecule has 5 heteroatoms. The van der Waals surface area contributed by atoms with E-state index in [0.717, 1.165) is 0 Å². The highest BCUT2D eigenvalue weighted by Gasteiger charge is 2.10. The molecule has 0 aliphatic heterocycles. The fraction of sp³-hybridized carbons (Fsp3) is 0.143. The quantitative estimate of drug-likeness (QED) is 0.559. The molecule has 0 bridgehead atoms. The van der Waals surface area contributed by atoms with E-state index >= 15 is 0 Å². The van der Waals surface area contributed by atoms with Gasteiger partial charge in [-0.25, -0.2) is 0 Å². The number of rotatable bonds is 2. The highest BCUT2D eigenvalue weighted by atomic mass is 32.3. The molecular formula is C7H8FNO2S. The third-order valence-corrected chi connectivity index (χ3v) is 2.04. The Morgan fingerprint density at radius 3 is 2.42 bits per heavy atom. The summed E-state index contributed by atoms with van der Waals surface area (Å²) in [6.45, 7) is 0. The van der Waals surface area contributed by atoms with Gasteiger partial charge in [0.05, 0.1) is 0 Å². The van der Waals surface area contributed by atoms with Crippen molar-refractivity contribution in [3.8, 4) is 0 Å². The summed E-state index contributed by atoms with van der Waals surface area (Å²) < 4.78 is 32.6. The average molecular weight is 189 g/mol. The number of hydrogen-bond acceptors (Lipinski definition) is 3. The molecule has 0 amide bonds. The van der Waals surface area contributed by atoms with E-state index in [1.165, 1.54) is 12.1 Å². The topological polar surface area (TPSA) is 60.2 Å². The lowest BCUT2D eigenvalue weighted by Crippen LogP contribution is -2.00. The van der Waals surface area contributed by atoms with Gasteiger partial charge in [0, 0.05) is 5.69 Å². The van der Waals surface area contributed by atoms with E-state index < -0.39 is 16.0 Å². The zero-order valence-electron chi connectivity index (χ0n) is 6.20. The molecular weight excluding hydrogens is 181 g/mol. The number of benzene rings is 1. The molecule has 0 heterocycles. The van der Waals surface area contributed by atoms with Crippen LogP contribution in [0.3, 0.4) is 0 Å². The van der Waals surface area contributed by atoms with Gasteiger partial charge in [-0.3, -0.25) is 0 Å². The first-order valence-corrected chi connectivity index (χ1v) is 4.80. The van der Waals surface area contributed by atoms with Crippen LogP contribution in [0.1, 0.15) is 5.56 Å². The molecule has 1 rings (SSSR count). The maximum absolute atomic E-state index is 12.2. The van der Waals surface area contributed by atoms with E-state index in [1.54, 1.807) is 12.1 Å². The Morgan fingerprint density at radius 2 is 1.92 bits per heavy atom. The maximum Gasteiger partial charge on any atom is 0.306 e. The summed E-state index contributed by atoms with van der Waals surface area (Å²) >= 11 is 0. The molecule has 3 nitrogen and oxygen atoms in total. The zero-order chi connectivity index (χ0) is 9.19. The SMILES string of the molecule is Nc1ccccc1CS(=O)(=O)F. The van der Waals surface area contributed by atoms with Gasteiger partial charge < -0.3 is 5.73 Å². The Labute approximate surface area is 70.2 Å². The van der Waals surface area contributed by atoms with Crippen molar-refractivity contribution < 1.29 is 12.3 Å². The van der Waals surface area contributed by atoms with Gasteiger partial charge in [-0.15, -0.1) is 3.89 Å². The van der Waals surface area contributed by atoms with Gasteiger partial charge in [0.25, 0.3) is 0 Å². The second-order valence-electron chi connectivity index (χ2n) is 2.38. The molecule has 1 aromatic rings. The molecule has 0 radical (unpaired) electrons. The number of halogens is 1.